The van der Waals surface area contributed by atoms with Crippen molar-refractivity contribution >= 4 is 15.9 Å². The number of benzene rings is 1. The van der Waals surface area contributed by atoms with Crippen molar-refractivity contribution in [2.45, 2.75) is 12.8 Å². The van der Waals surface area contributed by atoms with Crippen molar-refractivity contribution < 1.29 is 0 Å². The van der Waals surface area contributed by atoms with Crippen molar-refractivity contribution in [3.05, 3.63) is 52.5 Å². The summed E-state index contributed by atoms with van der Waals surface area (Å²) >= 11 is 3.53. The van der Waals surface area contributed by atoms with E-state index in [1.54, 1.807) is 6.33 Å². The largest absolute Gasteiger partial charge is 0.348 e. The van der Waals surface area contributed by atoms with Gasteiger partial charge in [0, 0.05) is 16.4 Å². The molecule has 0 aliphatic heterocycles. The molecule has 0 bridgehead atoms. The summed E-state index contributed by atoms with van der Waals surface area (Å²) in [6.45, 7) is 0. The van der Waals surface area contributed by atoms with E-state index in [0.717, 1.165) is 12.8 Å². The third-order valence-electron chi connectivity index (χ3n) is 2.18. The summed E-state index contributed by atoms with van der Waals surface area (Å²) in [5, 5.41) is 0. The van der Waals surface area contributed by atoms with Gasteiger partial charge < -0.3 is 4.98 Å². The minimum atomic E-state index is 1.00. The molecule has 0 spiro atoms. The first kappa shape index (κ1) is 9.46. The molecule has 14 heavy (non-hydrogen) atoms. The summed E-state index contributed by atoms with van der Waals surface area (Å²) in [5.41, 5.74) is 2.52. The second kappa shape index (κ2) is 4.42. The summed E-state index contributed by atoms with van der Waals surface area (Å²) in [6, 6.07) is 8.31. The fourth-order valence-electron chi connectivity index (χ4n) is 1.39. The van der Waals surface area contributed by atoms with E-state index in [2.05, 4.69) is 44.1 Å². The quantitative estimate of drug-likeness (QED) is 0.892. The van der Waals surface area contributed by atoms with Gasteiger partial charge in [0.1, 0.15) is 0 Å². The van der Waals surface area contributed by atoms with Gasteiger partial charge in [0.2, 0.25) is 0 Å². The normalized spacial score (nSPS) is 10.4. The molecule has 2 aromatic rings. The van der Waals surface area contributed by atoms with Crippen LogP contribution in [0, 0.1) is 0 Å². The second-order valence-electron chi connectivity index (χ2n) is 3.17. The topological polar surface area (TPSA) is 28.7 Å². The minimum absolute atomic E-state index is 1.00. The molecule has 0 atom stereocenters. The number of nitrogens with one attached hydrogen (secondary N) is 1. The Bertz CT molecular complexity index is 395. The smallest absolute Gasteiger partial charge is 0.0921 e. The number of nitrogens with zero attached hydrogens (tertiary/aromatic N) is 1. The summed E-state index contributed by atoms with van der Waals surface area (Å²) in [7, 11) is 0. The number of aryl methyl sites for hydroxylation is 2. The molecule has 2 rings (SSSR count). The van der Waals surface area contributed by atoms with Gasteiger partial charge in [0.15, 0.2) is 0 Å². The highest BCUT2D eigenvalue weighted by molar-refractivity contribution is 9.10. The molecule has 1 aromatic heterocycles. The number of H-pyrrole nitrogens is 1. The molecule has 0 aliphatic rings. The summed E-state index contributed by atoms with van der Waals surface area (Å²) < 4.78 is 1.18. The fourth-order valence-corrected chi connectivity index (χ4v) is 1.87. The van der Waals surface area contributed by atoms with Crippen LogP contribution in [0.1, 0.15) is 11.3 Å². The maximum absolute atomic E-state index is 3.99. The van der Waals surface area contributed by atoms with E-state index in [9.17, 15) is 0 Å². The van der Waals surface area contributed by atoms with Crippen LogP contribution in [0.4, 0.5) is 0 Å². The van der Waals surface area contributed by atoms with Gasteiger partial charge in [-0.15, -0.1) is 0 Å². The molecule has 0 unspecified atom stereocenters. The summed E-state index contributed by atoms with van der Waals surface area (Å²) in [6.07, 6.45) is 5.62. The second-order valence-corrected chi connectivity index (χ2v) is 4.02. The van der Waals surface area contributed by atoms with Gasteiger partial charge in [-0.3, -0.25) is 0 Å². The number of rotatable bonds is 3. The number of aromatic nitrogens is 2. The van der Waals surface area contributed by atoms with Gasteiger partial charge in [-0.25, -0.2) is 4.98 Å². The van der Waals surface area contributed by atoms with Gasteiger partial charge in [0.25, 0.3) is 0 Å². The monoisotopic (exact) mass is 250 g/mol. The lowest BCUT2D eigenvalue weighted by Crippen LogP contribution is -1.92. The lowest BCUT2D eigenvalue weighted by atomic mass is 10.1. The predicted molar refractivity (Wildman–Crippen MR) is 60.1 cm³/mol. The Morgan fingerprint density at radius 1 is 1.21 bits per heavy atom. The van der Waals surface area contributed by atoms with E-state index in [0.29, 0.717) is 0 Å². The Labute approximate surface area is 91.5 Å². The number of imidazole rings is 1. The first-order valence-electron chi connectivity index (χ1n) is 4.57. The van der Waals surface area contributed by atoms with Crippen LogP contribution < -0.4 is 0 Å². The molecule has 0 saturated heterocycles. The Balaban J connectivity index is 2.02. The molecule has 1 aromatic carbocycles. The maximum Gasteiger partial charge on any atom is 0.0921 e. The number of hydrogen-bond donors (Lipinski definition) is 1. The van der Waals surface area contributed by atoms with Gasteiger partial charge in [-0.05, 0) is 24.5 Å². The molecule has 0 aliphatic carbocycles. The Morgan fingerprint density at radius 2 is 2.07 bits per heavy atom. The van der Waals surface area contributed by atoms with Crippen LogP contribution in [-0.4, -0.2) is 9.97 Å². The van der Waals surface area contributed by atoms with Crippen LogP contribution in [0.2, 0.25) is 0 Å². The summed E-state index contributed by atoms with van der Waals surface area (Å²) in [5.74, 6) is 0. The fraction of sp³-hybridized carbons (Fsp3) is 0.182. The number of hydrogen-bond acceptors (Lipinski definition) is 1. The Morgan fingerprint density at radius 3 is 2.79 bits per heavy atom. The molecule has 0 fully saturated rings. The van der Waals surface area contributed by atoms with Crippen LogP contribution in [0.15, 0.2) is 41.3 Å². The molecule has 0 amide bonds. The predicted octanol–water partition coefficient (Wildman–Crippen LogP) is 2.96. The Kier molecular flexibility index (Phi) is 2.99. The minimum Gasteiger partial charge on any atom is -0.348 e. The van der Waals surface area contributed by atoms with E-state index in [1.165, 1.54) is 15.7 Å². The average Bonchev–Trinajstić information content (AvgIpc) is 2.69. The van der Waals surface area contributed by atoms with Crippen LogP contribution in [0.25, 0.3) is 0 Å². The van der Waals surface area contributed by atoms with Gasteiger partial charge >= 0.3 is 0 Å². The van der Waals surface area contributed by atoms with E-state index < -0.39 is 0 Å². The lowest BCUT2D eigenvalue weighted by Gasteiger charge is -2.02. The molecule has 1 heterocycles. The van der Waals surface area contributed by atoms with Crippen LogP contribution in [0.3, 0.4) is 0 Å². The molecule has 2 nitrogen and oxygen atoms in total. The molecule has 3 heteroatoms. The molecular formula is C11H11BrN2. The van der Waals surface area contributed by atoms with E-state index >= 15 is 0 Å². The Hall–Kier alpha value is -1.09. The first-order chi connectivity index (χ1) is 6.86. The molecule has 0 saturated carbocycles. The van der Waals surface area contributed by atoms with Crippen molar-refractivity contribution in [1.82, 2.24) is 9.97 Å². The first-order valence-corrected chi connectivity index (χ1v) is 5.36. The van der Waals surface area contributed by atoms with Crippen LogP contribution >= 0.6 is 15.9 Å². The average molecular weight is 251 g/mol. The third kappa shape index (κ3) is 2.23. The molecule has 1 N–H and O–H groups in total. The van der Waals surface area contributed by atoms with Crippen molar-refractivity contribution in [2.75, 3.05) is 0 Å². The zero-order valence-corrected chi connectivity index (χ0v) is 9.29. The van der Waals surface area contributed by atoms with Crippen molar-refractivity contribution in [2.24, 2.45) is 0 Å². The number of halogens is 1. The third-order valence-corrected chi connectivity index (χ3v) is 2.95. The maximum atomic E-state index is 3.99. The number of aromatic amines is 1. The standard InChI is InChI=1S/C11H11BrN2/c12-11-4-2-1-3-9(11)5-6-10-7-13-8-14-10/h1-4,7-8H,5-6H2,(H,13,14). The van der Waals surface area contributed by atoms with Gasteiger partial charge in [0.05, 0.1) is 6.33 Å². The summed E-state index contributed by atoms with van der Waals surface area (Å²) in [4.78, 5) is 7.09. The lowest BCUT2D eigenvalue weighted by molar-refractivity contribution is 0.921. The van der Waals surface area contributed by atoms with E-state index in [-0.39, 0.29) is 0 Å². The van der Waals surface area contributed by atoms with E-state index in [1.807, 2.05) is 12.3 Å². The van der Waals surface area contributed by atoms with E-state index in [4.69, 9.17) is 0 Å². The van der Waals surface area contributed by atoms with Crippen molar-refractivity contribution in [3.8, 4) is 0 Å². The molecule has 72 valence electrons. The van der Waals surface area contributed by atoms with Crippen LogP contribution in [-0.2, 0) is 12.8 Å². The highest BCUT2D eigenvalue weighted by atomic mass is 79.9. The van der Waals surface area contributed by atoms with Gasteiger partial charge in [-0.1, -0.05) is 34.1 Å². The van der Waals surface area contributed by atoms with Gasteiger partial charge in [-0.2, -0.15) is 0 Å². The zero-order valence-electron chi connectivity index (χ0n) is 7.70. The highest BCUT2D eigenvalue weighted by Gasteiger charge is 1.99. The van der Waals surface area contributed by atoms with Crippen molar-refractivity contribution in [1.29, 1.82) is 0 Å². The zero-order chi connectivity index (χ0) is 9.80. The van der Waals surface area contributed by atoms with Crippen molar-refractivity contribution in [3.63, 3.8) is 0 Å². The molecule has 0 radical (unpaired) electrons. The van der Waals surface area contributed by atoms with Crippen LogP contribution in [0.5, 0.6) is 0 Å². The molecular weight excluding hydrogens is 240 g/mol. The SMILES string of the molecule is Brc1ccccc1CCc1cnc[nH]1. The highest BCUT2D eigenvalue weighted by Crippen LogP contribution is 2.17.